The number of aromatic nitrogens is 1. The van der Waals surface area contributed by atoms with E-state index in [1.807, 2.05) is 18.2 Å². The second kappa shape index (κ2) is 13.4. The van der Waals surface area contributed by atoms with Crippen molar-refractivity contribution in [1.29, 1.82) is 0 Å². The average molecular weight is 658 g/mol. The Balaban J connectivity index is 1.27. The van der Waals surface area contributed by atoms with Crippen LogP contribution < -0.4 is 10.2 Å². The lowest BCUT2D eigenvalue weighted by Crippen LogP contribution is -2.29. The zero-order chi connectivity index (χ0) is 33.1. The number of carboxylic acids is 1. The van der Waals surface area contributed by atoms with Crippen molar-refractivity contribution in [1.82, 2.24) is 4.98 Å². The predicted molar refractivity (Wildman–Crippen MR) is 177 cm³/mol. The van der Waals surface area contributed by atoms with Crippen molar-refractivity contribution in [2.24, 2.45) is 0 Å². The van der Waals surface area contributed by atoms with Crippen molar-refractivity contribution in [2.45, 2.75) is 36.1 Å². The zero-order valence-corrected chi connectivity index (χ0v) is 25.9. The van der Waals surface area contributed by atoms with Crippen LogP contribution in [0.4, 0.5) is 24.5 Å². The molecule has 1 saturated heterocycles. The smallest absolute Gasteiger partial charge is 0.416 e. The SMILES string of the molecule is O=C(O)c1cccc(SCc2cccc(C(=O)Nc3ccc(N4CCCCC4)cc3C(=O)c3cc4ccc(C(F)(F)F)cc4[nH]3)c2)c1. The summed E-state index contributed by atoms with van der Waals surface area (Å²) in [4.78, 5) is 44.6. The molecule has 5 aromatic rings. The minimum absolute atomic E-state index is 0.108. The van der Waals surface area contributed by atoms with Crippen LogP contribution in [0.3, 0.4) is 0 Å². The van der Waals surface area contributed by atoms with Crippen molar-refractivity contribution in [3.63, 3.8) is 0 Å². The summed E-state index contributed by atoms with van der Waals surface area (Å²) in [6.45, 7) is 1.66. The van der Waals surface area contributed by atoms with Gasteiger partial charge in [-0.3, -0.25) is 9.59 Å². The molecular weight excluding hydrogens is 627 g/mol. The minimum Gasteiger partial charge on any atom is -0.478 e. The molecule has 0 bridgehead atoms. The molecule has 240 valence electrons. The second-order valence-electron chi connectivity index (χ2n) is 11.4. The van der Waals surface area contributed by atoms with Gasteiger partial charge in [0.05, 0.1) is 22.5 Å². The number of hydrogen-bond acceptors (Lipinski definition) is 5. The summed E-state index contributed by atoms with van der Waals surface area (Å²) in [6.07, 6.45) is -1.36. The topological polar surface area (TPSA) is 102 Å². The summed E-state index contributed by atoms with van der Waals surface area (Å²) in [7, 11) is 0. The molecule has 1 fully saturated rings. The summed E-state index contributed by atoms with van der Waals surface area (Å²) in [5, 5.41) is 12.6. The third-order valence-corrected chi connectivity index (χ3v) is 9.15. The van der Waals surface area contributed by atoms with E-state index in [1.54, 1.807) is 42.5 Å². The molecule has 2 heterocycles. The number of thioether (sulfide) groups is 1. The van der Waals surface area contributed by atoms with E-state index in [4.69, 9.17) is 0 Å². The van der Waals surface area contributed by atoms with Gasteiger partial charge in [-0.1, -0.05) is 24.3 Å². The molecule has 11 heteroatoms. The fraction of sp³-hybridized carbons (Fsp3) is 0.194. The molecule has 6 rings (SSSR count). The number of fused-ring (bicyclic) bond motifs is 1. The minimum atomic E-state index is -4.52. The standard InChI is InChI=1S/C36H30F3N3O4S/c37-36(38,39)26-11-10-23-18-32(40-31(23)19-26)33(43)29-20-27(42-14-2-1-3-15-42)12-13-30(29)41-34(44)24-7-4-6-22(16-24)21-47-28-9-5-8-25(17-28)35(45)46/h4-13,16-20,40H,1-3,14-15,21H2,(H,41,44)(H,45,46). The van der Waals surface area contributed by atoms with Crippen molar-refractivity contribution >= 4 is 51.7 Å². The largest absolute Gasteiger partial charge is 0.478 e. The van der Waals surface area contributed by atoms with Crippen LogP contribution in [-0.4, -0.2) is 40.8 Å². The molecule has 0 atom stereocenters. The van der Waals surface area contributed by atoms with Gasteiger partial charge in [-0.25, -0.2) is 4.79 Å². The van der Waals surface area contributed by atoms with Crippen LogP contribution in [0.5, 0.6) is 0 Å². The summed E-state index contributed by atoms with van der Waals surface area (Å²) >= 11 is 1.44. The zero-order valence-electron chi connectivity index (χ0n) is 25.1. The van der Waals surface area contributed by atoms with Crippen molar-refractivity contribution < 1.29 is 32.7 Å². The first kappa shape index (κ1) is 31.9. The van der Waals surface area contributed by atoms with Crippen LogP contribution in [-0.2, 0) is 11.9 Å². The van der Waals surface area contributed by atoms with Gasteiger partial charge >= 0.3 is 12.1 Å². The van der Waals surface area contributed by atoms with Gasteiger partial charge in [0.25, 0.3) is 5.91 Å². The van der Waals surface area contributed by atoms with E-state index in [0.29, 0.717) is 16.7 Å². The number of benzene rings is 4. The maximum Gasteiger partial charge on any atom is 0.416 e. The Labute approximate surface area is 272 Å². The number of carboxylic acid groups (broad SMARTS) is 1. The molecule has 0 aliphatic carbocycles. The van der Waals surface area contributed by atoms with Crippen LogP contribution in [0.25, 0.3) is 10.9 Å². The van der Waals surface area contributed by atoms with Crippen LogP contribution in [0.15, 0.2) is 95.9 Å². The number of ketones is 1. The van der Waals surface area contributed by atoms with Gasteiger partial charge in [-0.15, -0.1) is 11.8 Å². The van der Waals surface area contributed by atoms with Crippen LogP contribution >= 0.6 is 11.8 Å². The number of hydrogen-bond donors (Lipinski definition) is 3. The highest BCUT2D eigenvalue weighted by atomic mass is 32.2. The van der Waals surface area contributed by atoms with E-state index in [0.717, 1.165) is 60.6 Å². The molecule has 0 spiro atoms. The number of aromatic amines is 1. The number of aromatic carboxylic acids is 1. The van der Waals surface area contributed by atoms with E-state index in [1.165, 1.54) is 30.0 Å². The number of halogens is 3. The quantitative estimate of drug-likeness (QED) is 0.108. The van der Waals surface area contributed by atoms with Gasteiger partial charge in [0.2, 0.25) is 5.78 Å². The molecule has 1 aliphatic heterocycles. The van der Waals surface area contributed by atoms with Crippen LogP contribution in [0.2, 0.25) is 0 Å². The van der Waals surface area contributed by atoms with E-state index in [9.17, 15) is 32.7 Å². The predicted octanol–water partition coefficient (Wildman–Crippen LogP) is 8.65. The van der Waals surface area contributed by atoms with Crippen molar-refractivity contribution in [3.8, 4) is 0 Å². The number of nitrogens with zero attached hydrogens (tertiary/aromatic N) is 1. The van der Waals surface area contributed by atoms with E-state index in [2.05, 4.69) is 15.2 Å². The monoisotopic (exact) mass is 657 g/mol. The average Bonchev–Trinajstić information content (AvgIpc) is 3.51. The molecule has 0 saturated carbocycles. The van der Waals surface area contributed by atoms with E-state index < -0.39 is 29.4 Å². The highest BCUT2D eigenvalue weighted by molar-refractivity contribution is 7.98. The highest BCUT2D eigenvalue weighted by Crippen LogP contribution is 2.33. The summed E-state index contributed by atoms with van der Waals surface area (Å²) in [5.41, 5.74) is 2.20. The van der Waals surface area contributed by atoms with Gasteiger partial charge in [0, 0.05) is 51.5 Å². The number of nitrogens with one attached hydrogen (secondary N) is 2. The lowest BCUT2D eigenvalue weighted by atomic mass is 10.0. The Morgan fingerprint density at radius 3 is 2.38 bits per heavy atom. The first-order valence-electron chi connectivity index (χ1n) is 15.1. The van der Waals surface area contributed by atoms with Crippen molar-refractivity contribution in [2.75, 3.05) is 23.3 Å². The molecule has 0 unspecified atom stereocenters. The number of alkyl halides is 3. The van der Waals surface area contributed by atoms with Gasteiger partial charge in [0.1, 0.15) is 0 Å². The lowest BCUT2D eigenvalue weighted by Gasteiger charge is -2.29. The molecule has 47 heavy (non-hydrogen) atoms. The van der Waals surface area contributed by atoms with Gasteiger partial charge < -0.3 is 20.3 Å². The normalized spacial score (nSPS) is 13.5. The third kappa shape index (κ3) is 7.36. The molecule has 7 nitrogen and oxygen atoms in total. The Kier molecular flexibility index (Phi) is 9.08. The number of rotatable bonds is 9. The molecule has 3 N–H and O–H groups in total. The van der Waals surface area contributed by atoms with Gasteiger partial charge in [-0.05, 0) is 91.6 Å². The molecule has 1 aromatic heterocycles. The number of H-pyrrole nitrogens is 1. The fourth-order valence-corrected chi connectivity index (χ4v) is 6.53. The Morgan fingerprint density at radius 1 is 0.851 bits per heavy atom. The van der Waals surface area contributed by atoms with Crippen LogP contribution in [0, 0.1) is 0 Å². The number of piperidine rings is 1. The molecule has 1 amide bonds. The number of carbonyl (C=O) groups excluding carboxylic acids is 2. The van der Waals surface area contributed by atoms with Gasteiger partial charge in [-0.2, -0.15) is 13.2 Å². The maximum absolute atomic E-state index is 13.9. The first-order chi connectivity index (χ1) is 22.5. The molecule has 1 aliphatic rings. The lowest BCUT2D eigenvalue weighted by molar-refractivity contribution is -0.137. The first-order valence-corrected chi connectivity index (χ1v) is 16.0. The summed E-state index contributed by atoms with van der Waals surface area (Å²) < 4.78 is 40.0. The summed E-state index contributed by atoms with van der Waals surface area (Å²) in [6, 6.07) is 23.7. The van der Waals surface area contributed by atoms with Gasteiger partial charge in [0.15, 0.2) is 0 Å². The van der Waals surface area contributed by atoms with E-state index in [-0.39, 0.29) is 28.0 Å². The molecule has 0 radical (unpaired) electrons. The second-order valence-corrected chi connectivity index (χ2v) is 12.4. The Hall–Kier alpha value is -5.03. The van der Waals surface area contributed by atoms with Crippen LogP contribution in [0.1, 0.15) is 67.2 Å². The molecular formula is C36H30F3N3O4S. The number of amides is 1. The highest BCUT2D eigenvalue weighted by Gasteiger charge is 2.31. The maximum atomic E-state index is 13.9. The molecule has 4 aromatic carbocycles. The Bertz CT molecular complexity index is 1980. The third-order valence-electron chi connectivity index (χ3n) is 8.09. The van der Waals surface area contributed by atoms with E-state index >= 15 is 0 Å². The number of carbonyl (C=O) groups is 3. The number of anilines is 2. The van der Waals surface area contributed by atoms with Crippen molar-refractivity contribution in [3.05, 3.63) is 125 Å². The Morgan fingerprint density at radius 2 is 1.62 bits per heavy atom. The fourth-order valence-electron chi connectivity index (χ4n) is 5.63. The summed E-state index contributed by atoms with van der Waals surface area (Å²) in [5.74, 6) is -1.41.